The van der Waals surface area contributed by atoms with E-state index in [1.165, 1.54) is 5.56 Å². The molecular weight excluding hydrogens is 336 g/mol. The van der Waals surface area contributed by atoms with Crippen molar-refractivity contribution in [2.45, 2.75) is 25.7 Å². The molecule has 0 radical (unpaired) electrons. The molecule has 0 unspecified atom stereocenters. The first-order chi connectivity index (χ1) is 13.2. The highest BCUT2D eigenvalue weighted by Crippen LogP contribution is 2.22. The van der Waals surface area contributed by atoms with Gasteiger partial charge in [0.25, 0.3) is 5.91 Å². The van der Waals surface area contributed by atoms with Gasteiger partial charge in [0, 0.05) is 42.7 Å². The van der Waals surface area contributed by atoms with E-state index in [0.29, 0.717) is 18.5 Å². The van der Waals surface area contributed by atoms with Gasteiger partial charge in [0.1, 0.15) is 5.78 Å². The molecule has 0 saturated carbocycles. The second-order valence-electron chi connectivity index (χ2n) is 7.32. The number of nitrogens with one attached hydrogen (secondary N) is 1. The van der Waals surface area contributed by atoms with E-state index in [9.17, 15) is 9.59 Å². The van der Waals surface area contributed by atoms with E-state index in [0.717, 1.165) is 36.7 Å². The summed E-state index contributed by atoms with van der Waals surface area (Å²) < 4.78 is 0. The molecule has 1 amide bonds. The lowest BCUT2D eigenvalue weighted by Crippen LogP contribution is -2.42. The van der Waals surface area contributed by atoms with Gasteiger partial charge in [0.15, 0.2) is 0 Å². The van der Waals surface area contributed by atoms with E-state index < -0.39 is 0 Å². The van der Waals surface area contributed by atoms with Crippen LogP contribution in [0.4, 0.5) is 0 Å². The molecule has 1 aromatic heterocycles. The van der Waals surface area contributed by atoms with Crippen LogP contribution in [0.1, 0.15) is 35.2 Å². The molecule has 4 nitrogen and oxygen atoms in total. The summed E-state index contributed by atoms with van der Waals surface area (Å²) in [4.78, 5) is 30.6. The molecule has 3 aromatic rings. The lowest BCUT2D eigenvalue weighted by molar-refractivity contribution is -0.124. The number of hydrogen-bond acceptors (Lipinski definition) is 2. The van der Waals surface area contributed by atoms with Crippen LogP contribution < -0.4 is 0 Å². The van der Waals surface area contributed by atoms with Gasteiger partial charge in [0.05, 0.1) is 0 Å². The molecule has 0 spiro atoms. The maximum Gasteiger partial charge on any atom is 0.253 e. The minimum Gasteiger partial charge on any atom is -0.361 e. The molecule has 27 heavy (non-hydrogen) atoms. The number of rotatable bonds is 5. The van der Waals surface area contributed by atoms with Crippen molar-refractivity contribution in [2.75, 3.05) is 13.1 Å². The lowest BCUT2D eigenvalue weighted by Gasteiger charge is -2.32. The van der Waals surface area contributed by atoms with Crippen LogP contribution in [0, 0.1) is 5.92 Å². The first-order valence-corrected chi connectivity index (χ1v) is 9.64. The number of aromatic nitrogens is 1. The number of carbonyl (C=O) groups excluding carboxylic acids is 2. The van der Waals surface area contributed by atoms with Crippen LogP contribution in [-0.2, 0) is 11.2 Å². The van der Waals surface area contributed by atoms with Gasteiger partial charge in [-0.3, -0.25) is 9.59 Å². The summed E-state index contributed by atoms with van der Waals surface area (Å²) >= 11 is 0. The number of Topliss-reactive ketones (excluding diaryl/α,β-unsaturated/α-hetero) is 1. The Morgan fingerprint density at radius 2 is 1.93 bits per heavy atom. The number of fused-ring (bicyclic) bond motifs is 1. The molecule has 2 aromatic carbocycles. The molecule has 1 aliphatic rings. The SMILES string of the molecule is O=C(CCc1ccccc1)[C@H]1CCCN(C(=O)c2ccc3cc[nH]c3c2)C1. The highest BCUT2D eigenvalue weighted by atomic mass is 16.2. The van der Waals surface area contributed by atoms with Crippen molar-refractivity contribution in [3.8, 4) is 0 Å². The highest BCUT2D eigenvalue weighted by Gasteiger charge is 2.28. The van der Waals surface area contributed by atoms with E-state index in [-0.39, 0.29) is 17.6 Å². The second-order valence-corrected chi connectivity index (χ2v) is 7.32. The second kappa shape index (κ2) is 7.78. The van der Waals surface area contributed by atoms with Gasteiger partial charge in [-0.15, -0.1) is 0 Å². The van der Waals surface area contributed by atoms with Crippen molar-refractivity contribution >= 4 is 22.6 Å². The average Bonchev–Trinajstić information content (AvgIpc) is 3.20. The van der Waals surface area contributed by atoms with E-state index in [1.807, 2.05) is 53.6 Å². The molecule has 1 atom stereocenters. The summed E-state index contributed by atoms with van der Waals surface area (Å²) in [5, 5.41) is 1.10. The third-order valence-corrected chi connectivity index (χ3v) is 5.47. The highest BCUT2D eigenvalue weighted by molar-refractivity contribution is 5.98. The van der Waals surface area contributed by atoms with Gasteiger partial charge in [0.2, 0.25) is 0 Å². The summed E-state index contributed by atoms with van der Waals surface area (Å²) in [5.41, 5.74) is 2.84. The Hall–Kier alpha value is -2.88. The molecule has 138 valence electrons. The van der Waals surface area contributed by atoms with Gasteiger partial charge in [-0.1, -0.05) is 36.4 Å². The van der Waals surface area contributed by atoms with Crippen molar-refractivity contribution in [2.24, 2.45) is 5.92 Å². The van der Waals surface area contributed by atoms with Crippen molar-refractivity contribution < 1.29 is 9.59 Å². The first kappa shape index (κ1) is 17.5. The number of likely N-dealkylation sites (tertiary alicyclic amines) is 1. The largest absolute Gasteiger partial charge is 0.361 e. The zero-order valence-electron chi connectivity index (χ0n) is 15.4. The van der Waals surface area contributed by atoms with Crippen LogP contribution in [0.25, 0.3) is 10.9 Å². The van der Waals surface area contributed by atoms with Gasteiger partial charge in [-0.25, -0.2) is 0 Å². The van der Waals surface area contributed by atoms with Crippen LogP contribution in [0.2, 0.25) is 0 Å². The average molecular weight is 360 g/mol. The summed E-state index contributed by atoms with van der Waals surface area (Å²) in [6.07, 6.45) is 4.96. The minimum atomic E-state index is -0.0411. The first-order valence-electron chi connectivity index (χ1n) is 9.64. The number of hydrogen-bond donors (Lipinski definition) is 1. The van der Waals surface area contributed by atoms with Crippen molar-refractivity contribution in [3.63, 3.8) is 0 Å². The van der Waals surface area contributed by atoms with Crippen LogP contribution in [0.5, 0.6) is 0 Å². The van der Waals surface area contributed by atoms with Crippen LogP contribution in [0.3, 0.4) is 0 Å². The van der Waals surface area contributed by atoms with E-state index in [4.69, 9.17) is 0 Å². The molecule has 0 bridgehead atoms. The summed E-state index contributed by atoms with van der Waals surface area (Å²) in [6, 6.07) is 17.8. The number of aryl methyl sites for hydroxylation is 1. The predicted octanol–water partition coefficient (Wildman–Crippen LogP) is 4.22. The number of carbonyl (C=O) groups is 2. The number of nitrogens with zero attached hydrogens (tertiary/aromatic N) is 1. The molecular formula is C23H24N2O2. The van der Waals surface area contributed by atoms with Crippen molar-refractivity contribution in [3.05, 3.63) is 71.9 Å². The van der Waals surface area contributed by atoms with E-state index >= 15 is 0 Å². The molecule has 1 aliphatic heterocycles. The summed E-state index contributed by atoms with van der Waals surface area (Å²) in [6.45, 7) is 1.26. The van der Waals surface area contributed by atoms with Crippen LogP contribution in [-0.4, -0.2) is 34.7 Å². The number of benzene rings is 2. The van der Waals surface area contributed by atoms with Gasteiger partial charge < -0.3 is 9.88 Å². The number of piperidine rings is 1. The Balaban J connectivity index is 1.39. The number of H-pyrrole nitrogens is 1. The van der Waals surface area contributed by atoms with Gasteiger partial charge >= 0.3 is 0 Å². The Kier molecular flexibility index (Phi) is 5.05. The normalized spacial score (nSPS) is 17.2. The van der Waals surface area contributed by atoms with Gasteiger partial charge in [-0.05, 0) is 48.4 Å². The van der Waals surface area contributed by atoms with Crippen molar-refractivity contribution in [1.29, 1.82) is 0 Å². The lowest BCUT2D eigenvalue weighted by atomic mass is 9.90. The Bertz CT molecular complexity index is 945. The Morgan fingerprint density at radius 1 is 1.07 bits per heavy atom. The van der Waals surface area contributed by atoms with E-state index in [1.54, 1.807) is 0 Å². The minimum absolute atomic E-state index is 0.0204. The fourth-order valence-corrected chi connectivity index (χ4v) is 3.90. The molecule has 2 heterocycles. The molecule has 0 aliphatic carbocycles. The van der Waals surface area contributed by atoms with Crippen LogP contribution >= 0.6 is 0 Å². The zero-order chi connectivity index (χ0) is 18.6. The topological polar surface area (TPSA) is 53.2 Å². The molecule has 1 saturated heterocycles. The standard InChI is InChI=1S/C23H24N2O2/c26-22(11-8-17-5-2-1-3-6-17)20-7-4-14-25(16-20)23(27)19-10-9-18-12-13-24-21(18)15-19/h1-3,5-6,9-10,12-13,15,20,24H,4,7-8,11,14,16H2/t20-/m0/s1. The smallest absolute Gasteiger partial charge is 0.253 e. The molecule has 1 fully saturated rings. The number of amides is 1. The van der Waals surface area contributed by atoms with Crippen molar-refractivity contribution in [1.82, 2.24) is 9.88 Å². The monoisotopic (exact) mass is 360 g/mol. The van der Waals surface area contributed by atoms with Crippen LogP contribution in [0.15, 0.2) is 60.8 Å². The Labute approximate surface area is 159 Å². The number of ketones is 1. The maximum absolute atomic E-state index is 12.9. The Morgan fingerprint density at radius 3 is 2.78 bits per heavy atom. The zero-order valence-corrected chi connectivity index (χ0v) is 15.4. The molecule has 1 N–H and O–H groups in total. The molecule has 4 heteroatoms. The van der Waals surface area contributed by atoms with Gasteiger partial charge in [-0.2, -0.15) is 0 Å². The summed E-state index contributed by atoms with van der Waals surface area (Å²) in [7, 11) is 0. The third-order valence-electron chi connectivity index (χ3n) is 5.47. The molecule has 4 rings (SSSR count). The fourth-order valence-electron chi connectivity index (χ4n) is 3.90. The quantitative estimate of drug-likeness (QED) is 0.740. The predicted molar refractivity (Wildman–Crippen MR) is 107 cm³/mol. The fraction of sp³-hybridized carbons (Fsp3) is 0.304. The maximum atomic E-state index is 12.9. The third kappa shape index (κ3) is 3.95. The number of aromatic amines is 1. The van der Waals surface area contributed by atoms with E-state index in [2.05, 4.69) is 17.1 Å². The summed E-state index contributed by atoms with van der Waals surface area (Å²) in [5.74, 6) is 0.254.